The number of hydrogen-bond acceptors (Lipinski definition) is 4. The second-order valence-corrected chi connectivity index (χ2v) is 6.28. The Balaban J connectivity index is 2.13. The second kappa shape index (κ2) is 7.18. The third-order valence-electron chi connectivity index (χ3n) is 3.70. The van der Waals surface area contributed by atoms with E-state index in [2.05, 4.69) is 24.1 Å². The van der Waals surface area contributed by atoms with Gasteiger partial charge in [0.05, 0.1) is 18.8 Å². The van der Waals surface area contributed by atoms with Crippen LogP contribution in [0.15, 0.2) is 12.3 Å². The molecule has 4 nitrogen and oxygen atoms in total. The van der Waals surface area contributed by atoms with Gasteiger partial charge in [0.15, 0.2) is 11.6 Å². The van der Waals surface area contributed by atoms with Crippen molar-refractivity contribution in [3.05, 3.63) is 23.6 Å². The van der Waals surface area contributed by atoms with Gasteiger partial charge in [0.2, 0.25) is 0 Å². The van der Waals surface area contributed by atoms with Crippen LogP contribution >= 0.6 is 0 Å². The second-order valence-electron chi connectivity index (χ2n) is 6.28. The number of halogens is 1. The van der Waals surface area contributed by atoms with E-state index in [0.29, 0.717) is 37.0 Å². The minimum absolute atomic E-state index is 0.102. The van der Waals surface area contributed by atoms with Crippen LogP contribution < -0.4 is 10.2 Å². The van der Waals surface area contributed by atoms with Gasteiger partial charge in [-0.15, -0.1) is 0 Å². The summed E-state index contributed by atoms with van der Waals surface area (Å²) in [6.45, 7) is 11.0. The van der Waals surface area contributed by atoms with Gasteiger partial charge >= 0.3 is 0 Å². The van der Waals surface area contributed by atoms with Crippen molar-refractivity contribution in [2.45, 2.75) is 46.4 Å². The van der Waals surface area contributed by atoms with Crippen LogP contribution in [0.2, 0.25) is 0 Å². The van der Waals surface area contributed by atoms with Crippen molar-refractivity contribution in [2.75, 3.05) is 24.6 Å². The molecule has 1 aromatic rings. The van der Waals surface area contributed by atoms with Crippen molar-refractivity contribution < 1.29 is 9.13 Å². The highest BCUT2D eigenvalue weighted by molar-refractivity contribution is 5.44. The summed E-state index contributed by atoms with van der Waals surface area (Å²) < 4.78 is 20.3. The average Bonchev–Trinajstić information content (AvgIpc) is 2.43. The van der Waals surface area contributed by atoms with Gasteiger partial charge in [-0.05, 0) is 32.4 Å². The van der Waals surface area contributed by atoms with Crippen LogP contribution in [0, 0.1) is 11.7 Å². The monoisotopic (exact) mass is 295 g/mol. The first kappa shape index (κ1) is 16.2. The summed E-state index contributed by atoms with van der Waals surface area (Å²) in [6.07, 6.45) is 1.79. The summed E-state index contributed by atoms with van der Waals surface area (Å²) in [5.41, 5.74) is 0.673. The van der Waals surface area contributed by atoms with E-state index in [1.807, 2.05) is 18.7 Å². The number of aromatic nitrogens is 1. The van der Waals surface area contributed by atoms with Crippen LogP contribution in [0.1, 0.15) is 33.3 Å². The molecule has 1 aliphatic rings. The van der Waals surface area contributed by atoms with Crippen molar-refractivity contribution >= 4 is 5.82 Å². The molecular weight excluding hydrogens is 269 g/mol. The minimum Gasteiger partial charge on any atom is -0.375 e. The zero-order chi connectivity index (χ0) is 15.4. The van der Waals surface area contributed by atoms with Gasteiger partial charge in [-0.25, -0.2) is 9.37 Å². The summed E-state index contributed by atoms with van der Waals surface area (Å²) >= 11 is 0. The molecule has 0 aromatic carbocycles. The fraction of sp³-hybridized carbons (Fsp3) is 0.688. The first-order valence-corrected chi connectivity index (χ1v) is 7.71. The van der Waals surface area contributed by atoms with Gasteiger partial charge in [0.25, 0.3) is 0 Å². The number of morpholine rings is 1. The molecular formula is C16H26FN3O. The number of nitrogens with zero attached hydrogens (tertiary/aromatic N) is 2. The smallest absolute Gasteiger partial charge is 0.170 e. The first-order valence-electron chi connectivity index (χ1n) is 7.71. The van der Waals surface area contributed by atoms with Crippen LogP contribution in [0.3, 0.4) is 0 Å². The van der Waals surface area contributed by atoms with Crippen molar-refractivity contribution in [2.24, 2.45) is 5.92 Å². The predicted octanol–water partition coefficient (Wildman–Crippen LogP) is 2.58. The molecule has 1 saturated heterocycles. The summed E-state index contributed by atoms with van der Waals surface area (Å²) in [4.78, 5) is 6.27. The predicted molar refractivity (Wildman–Crippen MR) is 83.0 cm³/mol. The third-order valence-corrected chi connectivity index (χ3v) is 3.70. The minimum atomic E-state index is -0.213. The van der Waals surface area contributed by atoms with Gasteiger partial charge in [0.1, 0.15) is 0 Å². The van der Waals surface area contributed by atoms with Crippen molar-refractivity contribution in [1.82, 2.24) is 10.3 Å². The molecule has 1 aliphatic heterocycles. The summed E-state index contributed by atoms with van der Waals surface area (Å²) in [5, 5.41) is 3.28. The lowest BCUT2D eigenvalue weighted by Crippen LogP contribution is -2.48. The number of nitrogens with one attached hydrogen (secondary N) is 1. The third kappa shape index (κ3) is 4.14. The lowest BCUT2D eigenvalue weighted by Gasteiger charge is -2.37. The number of pyridine rings is 1. The molecule has 1 fully saturated rings. The standard InChI is InChI=1S/C16H26FN3O/c1-11(2)7-18-8-14-5-6-19-16(15(14)17)20-9-13(4)21-10-12(20)3/h5-6,11-13,18H,7-10H2,1-4H3. The van der Waals surface area contributed by atoms with Crippen molar-refractivity contribution in [1.29, 1.82) is 0 Å². The maximum atomic E-state index is 14.7. The maximum Gasteiger partial charge on any atom is 0.170 e. The molecule has 2 atom stereocenters. The molecule has 1 N–H and O–H groups in total. The zero-order valence-electron chi connectivity index (χ0n) is 13.4. The fourth-order valence-electron chi connectivity index (χ4n) is 2.50. The van der Waals surface area contributed by atoms with E-state index in [1.54, 1.807) is 12.3 Å². The Morgan fingerprint density at radius 3 is 2.95 bits per heavy atom. The number of ether oxygens (including phenoxy) is 1. The van der Waals surface area contributed by atoms with E-state index in [4.69, 9.17) is 4.74 Å². The zero-order valence-corrected chi connectivity index (χ0v) is 13.4. The Morgan fingerprint density at radius 1 is 1.48 bits per heavy atom. The molecule has 0 radical (unpaired) electrons. The molecule has 0 amide bonds. The molecule has 0 bridgehead atoms. The topological polar surface area (TPSA) is 37.4 Å². The number of hydrogen-bond donors (Lipinski definition) is 1. The van der Waals surface area contributed by atoms with E-state index < -0.39 is 0 Å². The van der Waals surface area contributed by atoms with E-state index >= 15 is 0 Å². The summed E-state index contributed by atoms with van der Waals surface area (Å²) in [6, 6.07) is 1.89. The first-order chi connectivity index (χ1) is 9.99. The summed E-state index contributed by atoms with van der Waals surface area (Å²) in [7, 11) is 0. The Kier molecular flexibility index (Phi) is 5.53. The lowest BCUT2D eigenvalue weighted by molar-refractivity contribution is 0.0337. The SMILES string of the molecule is CC(C)CNCc1ccnc(N2CC(C)OCC2C)c1F. The van der Waals surface area contributed by atoms with Gasteiger partial charge in [-0.2, -0.15) is 0 Å². The van der Waals surface area contributed by atoms with Crippen molar-refractivity contribution in [3.63, 3.8) is 0 Å². The highest BCUT2D eigenvalue weighted by Gasteiger charge is 2.27. The van der Waals surface area contributed by atoms with Gasteiger partial charge in [-0.3, -0.25) is 0 Å². The number of anilines is 1. The van der Waals surface area contributed by atoms with E-state index in [1.165, 1.54) is 0 Å². The van der Waals surface area contributed by atoms with Gasteiger partial charge in [0, 0.05) is 24.8 Å². The van der Waals surface area contributed by atoms with Crippen LogP contribution in [0.4, 0.5) is 10.2 Å². The van der Waals surface area contributed by atoms with Crippen molar-refractivity contribution in [3.8, 4) is 0 Å². The molecule has 21 heavy (non-hydrogen) atoms. The molecule has 2 unspecified atom stereocenters. The Bertz CT molecular complexity index is 467. The molecule has 2 heterocycles. The molecule has 0 aliphatic carbocycles. The fourth-order valence-corrected chi connectivity index (χ4v) is 2.50. The Labute approximate surface area is 126 Å². The van der Waals surface area contributed by atoms with Crippen LogP contribution in [-0.4, -0.2) is 36.8 Å². The van der Waals surface area contributed by atoms with E-state index in [-0.39, 0.29) is 18.0 Å². The maximum absolute atomic E-state index is 14.7. The Morgan fingerprint density at radius 2 is 2.24 bits per heavy atom. The molecule has 1 aromatic heterocycles. The van der Waals surface area contributed by atoms with Crippen LogP contribution in [-0.2, 0) is 11.3 Å². The highest BCUT2D eigenvalue weighted by Crippen LogP contribution is 2.24. The molecule has 2 rings (SSSR count). The lowest BCUT2D eigenvalue weighted by atomic mass is 10.1. The molecule has 0 spiro atoms. The molecule has 5 heteroatoms. The van der Waals surface area contributed by atoms with E-state index in [0.717, 1.165) is 6.54 Å². The van der Waals surface area contributed by atoms with Crippen LogP contribution in [0.5, 0.6) is 0 Å². The van der Waals surface area contributed by atoms with Crippen LogP contribution in [0.25, 0.3) is 0 Å². The normalized spacial score (nSPS) is 22.9. The average molecular weight is 295 g/mol. The van der Waals surface area contributed by atoms with Gasteiger partial charge in [-0.1, -0.05) is 13.8 Å². The van der Waals surface area contributed by atoms with E-state index in [9.17, 15) is 4.39 Å². The number of rotatable bonds is 5. The van der Waals surface area contributed by atoms with Gasteiger partial charge < -0.3 is 15.0 Å². The largest absolute Gasteiger partial charge is 0.375 e. The quantitative estimate of drug-likeness (QED) is 0.906. The Hall–Kier alpha value is -1.20. The molecule has 118 valence electrons. The summed E-state index contributed by atoms with van der Waals surface area (Å²) in [5.74, 6) is 0.783. The molecule has 0 saturated carbocycles. The highest BCUT2D eigenvalue weighted by atomic mass is 19.1.